The summed E-state index contributed by atoms with van der Waals surface area (Å²) in [5, 5.41) is 0. The van der Waals surface area contributed by atoms with Gasteiger partial charge >= 0.3 is 6.18 Å². The van der Waals surface area contributed by atoms with Gasteiger partial charge in [-0.3, -0.25) is 4.79 Å². The number of para-hydroxylation sites is 1. The zero-order valence-electron chi connectivity index (χ0n) is 18.4. The fraction of sp³-hybridized carbons (Fsp3) is 0.179. The summed E-state index contributed by atoms with van der Waals surface area (Å²) < 4.78 is 41.0. The topological polar surface area (TPSA) is 25.2 Å². The summed E-state index contributed by atoms with van der Waals surface area (Å²) in [5.74, 6) is -0.137. The van der Waals surface area contributed by atoms with E-state index in [2.05, 4.69) is 12.1 Å². The molecular formula is C28H23F3N2O. The molecule has 0 saturated carbocycles. The first-order valence-corrected chi connectivity index (χ1v) is 11.2. The van der Waals surface area contributed by atoms with E-state index in [1.807, 2.05) is 64.3 Å². The van der Waals surface area contributed by atoms with Crippen LogP contribution in [-0.2, 0) is 25.6 Å². The van der Waals surface area contributed by atoms with Crippen molar-refractivity contribution in [1.82, 2.24) is 9.47 Å². The fourth-order valence-corrected chi connectivity index (χ4v) is 4.65. The van der Waals surface area contributed by atoms with Gasteiger partial charge in [-0.1, -0.05) is 48.5 Å². The highest BCUT2D eigenvalue weighted by Crippen LogP contribution is 2.31. The second-order valence-corrected chi connectivity index (χ2v) is 8.57. The lowest BCUT2D eigenvalue weighted by molar-refractivity contribution is -0.137. The van der Waals surface area contributed by atoms with E-state index in [0.29, 0.717) is 24.0 Å². The van der Waals surface area contributed by atoms with Gasteiger partial charge in [0.15, 0.2) is 0 Å². The Hall–Kier alpha value is -3.80. The molecule has 3 aromatic carbocycles. The number of hydrogen-bond acceptors (Lipinski definition) is 1. The highest BCUT2D eigenvalue weighted by molar-refractivity contribution is 5.98. The van der Waals surface area contributed by atoms with Crippen LogP contribution in [0.25, 0.3) is 5.69 Å². The lowest BCUT2D eigenvalue weighted by Crippen LogP contribution is -2.40. The number of nitrogens with zero attached hydrogens (tertiary/aromatic N) is 2. The number of fused-ring (bicyclic) bond motifs is 1. The molecule has 0 radical (unpaired) electrons. The van der Waals surface area contributed by atoms with Gasteiger partial charge in [-0.25, -0.2) is 0 Å². The maximum Gasteiger partial charge on any atom is 0.416 e. The molecule has 0 spiro atoms. The molecule has 0 N–H and O–H groups in total. The first-order chi connectivity index (χ1) is 16.4. The van der Waals surface area contributed by atoms with E-state index >= 15 is 0 Å². The van der Waals surface area contributed by atoms with Gasteiger partial charge in [-0.2, -0.15) is 13.2 Å². The molecule has 4 aromatic rings. The molecule has 6 heteroatoms. The highest BCUT2D eigenvalue weighted by atomic mass is 19.4. The van der Waals surface area contributed by atoms with Crippen LogP contribution in [0.1, 0.15) is 32.6 Å². The van der Waals surface area contributed by atoms with Gasteiger partial charge in [-0.15, -0.1) is 0 Å². The van der Waals surface area contributed by atoms with Crippen molar-refractivity contribution in [3.05, 3.63) is 125 Å². The molecule has 1 aliphatic carbocycles. The molecule has 0 aliphatic heterocycles. The van der Waals surface area contributed by atoms with E-state index in [1.54, 1.807) is 6.07 Å². The second-order valence-electron chi connectivity index (χ2n) is 8.57. The number of carbonyl (C=O) groups excluding carboxylic acids is 1. The molecular weight excluding hydrogens is 437 g/mol. The van der Waals surface area contributed by atoms with Crippen molar-refractivity contribution in [1.29, 1.82) is 0 Å². The molecule has 1 aliphatic rings. The summed E-state index contributed by atoms with van der Waals surface area (Å²) in [6.07, 6.45) is 0.814. The first kappa shape index (κ1) is 22.0. The predicted molar refractivity (Wildman–Crippen MR) is 125 cm³/mol. The summed E-state index contributed by atoms with van der Waals surface area (Å²) in [7, 11) is 0. The summed E-state index contributed by atoms with van der Waals surface area (Å²) in [5.41, 5.74) is 3.70. The lowest BCUT2D eigenvalue weighted by Gasteiger charge is -2.30. The first-order valence-electron chi connectivity index (χ1n) is 11.2. The van der Waals surface area contributed by atoms with Gasteiger partial charge in [0.25, 0.3) is 5.91 Å². The molecule has 172 valence electrons. The Labute approximate surface area is 196 Å². The third-order valence-electron chi connectivity index (χ3n) is 6.38. The Morgan fingerprint density at radius 2 is 1.41 bits per heavy atom. The number of benzene rings is 3. The van der Waals surface area contributed by atoms with Crippen LogP contribution >= 0.6 is 0 Å². The van der Waals surface area contributed by atoms with Crippen LogP contribution < -0.4 is 0 Å². The maximum absolute atomic E-state index is 14.0. The summed E-state index contributed by atoms with van der Waals surface area (Å²) in [6.45, 7) is 0.232. The van der Waals surface area contributed by atoms with Crippen LogP contribution in [0.3, 0.4) is 0 Å². The third kappa shape index (κ3) is 4.36. The van der Waals surface area contributed by atoms with E-state index < -0.39 is 11.7 Å². The van der Waals surface area contributed by atoms with Crippen LogP contribution in [0.5, 0.6) is 0 Å². The monoisotopic (exact) mass is 460 g/mol. The number of alkyl halides is 3. The normalized spacial score (nSPS) is 13.6. The quantitative estimate of drug-likeness (QED) is 0.343. The van der Waals surface area contributed by atoms with Gasteiger partial charge in [0, 0.05) is 25.0 Å². The SMILES string of the molecule is O=C(c1ccccc1-n1cccc1)N(Cc1ccc(C(F)(F)F)cc1)C1Cc2ccccc2C1. The molecule has 0 unspecified atom stereocenters. The van der Waals surface area contributed by atoms with Gasteiger partial charge < -0.3 is 9.47 Å². The van der Waals surface area contributed by atoms with Gasteiger partial charge in [0.1, 0.15) is 0 Å². The smallest absolute Gasteiger partial charge is 0.331 e. The molecule has 0 saturated heterocycles. The third-order valence-corrected chi connectivity index (χ3v) is 6.38. The molecule has 0 atom stereocenters. The van der Waals surface area contributed by atoms with Crippen molar-refractivity contribution in [2.24, 2.45) is 0 Å². The molecule has 1 amide bonds. The standard InChI is InChI=1S/C28H23F3N2O/c29-28(30,31)23-13-11-20(12-14-23)19-33(24-17-21-7-1-2-8-22(21)18-24)27(34)25-9-3-4-10-26(25)32-15-5-6-16-32/h1-16,24H,17-19H2. The lowest BCUT2D eigenvalue weighted by atomic mass is 10.1. The number of amides is 1. The van der Waals surface area contributed by atoms with Crippen LogP contribution in [0.2, 0.25) is 0 Å². The van der Waals surface area contributed by atoms with E-state index in [1.165, 1.54) is 23.3 Å². The van der Waals surface area contributed by atoms with Crippen molar-refractivity contribution in [2.45, 2.75) is 31.6 Å². The molecule has 0 bridgehead atoms. The zero-order valence-corrected chi connectivity index (χ0v) is 18.4. The number of halogens is 3. The number of rotatable bonds is 5. The Morgan fingerprint density at radius 1 is 0.824 bits per heavy atom. The maximum atomic E-state index is 14.0. The van der Waals surface area contributed by atoms with Crippen molar-refractivity contribution >= 4 is 5.91 Å². The van der Waals surface area contributed by atoms with Gasteiger partial charge in [0.05, 0.1) is 16.8 Å². The minimum Gasteiger partial charge on any atom is -0.331 e. The Bertz CT molecular complexity index is 1270. The Morgan fingerprint density at radius 3 is 2.03 bits per heavy atom. The van der Waals surface area contributed by atoms with E-state index in [4.69, 9.17) is 0 Å². The molecule has 1 heterocycles. The van der Waals surface area contributed by atoms with E-state index in [9.17, 15) is 18.0 Å². The molecule has 0 fully saturated rings. The summed E-state index contributed by atoms with van der Waals surface area (Å²) in [6, 6.07) is 24.3. The van der Waals surface area contributed by atoms with Crippen molar-refractivity contribution in [3.63, 3.8) is 0 Å². The largest absolute Gasteiger partial charge is 0.416 e. The highest BCUT2D eigenvalue weighted by Gasteiger charge is 2.33. The Kier molecular flexibility index (Phi) is 5.74. The zero-order chi connectivity index (χ0) is 23.7. The predicted octanol–water partition coefficient (Wildman–Crippen LogP) is 6.31. The van der Waals surface area contributed by atoms with Crippen LogP contribution in [-0.4, -0.2) is 21.4 Å². The molecule has 1 aromatic heterocycles. The van der Waals surface area contributed by atoms with E-state index in [-0.39, 0.29) is 18.5 Å². The average molecular weight is 460 g/mol. The van der Waals surface area contributed by atoms with Gasteiger partial charge in [-0.05, 0) is 65.9 Å². The number of hydrogen-bond donors (Lipinski definition) is 0. The van der Waals surface area contributed by atoms with Crippen LogP contribution in [0.15, 0.2) is 97.3 Å². The minimum atomic E-state index is -4.39. The minimum absolute atomic E-state index is 0.0788. The van der Waals surface area contributed by atoms with Crippen molar-refractivity contribution in [3.8, 4) is 5.69 Å². The average Bonchev–Trinajstić information content (AvgIpc) is 3.52. The molecule has 3 nitrogen and oxygen atoms in total. The fourth-order valence-electron chi connectivity index (χ4n) is 4.65. The summed E-state index contributed by atoms with van der Waals surface area (Å²) in [4.78, 5) is 15.8. The number of carbonyl (C=O) groups is 1. The number of aromatic nitrogens is 1. The van der Waals surface area contributed by atoms with Crippen molar-refractivity contribution in [2.75, 3.05) is 0 Å². The van der Waals surface area contributed by atoms with Gasteiger partial charge in [0.2, 0.25) is 0 Å². The molecule has 34 heavy (non-hydrogen) atoms. The molecule has 5 rings (SSSR count). The van der Waals surface area contributed by atoms with E-state index in [0.717, 1.165) is 17.8 Å². The second kappa shape index (κ2) is 8.86. The Balaban J connectivity index is 1.50. The van der Waals surface area contributed by atoms with Crippen molar-refractivity contribution < 1.29 is 18.0 Å². The van der Waals surface area contributed by atoms with Crippen LogP contribution in [0, 0.1) is 0 Å². The summed E-state index contributed by atoms with van der Waals surface area (Å²) >= 11 is 0. The van der Waals surface area contributed by atoms with Crippen LogP contribution in [0.4, 0.5) is 13.2 Å².